The summed E-state index contributed by atoms with van der Waals surface area (Å²) in [5, 5.41) is 8.95. The van der Waals surface area contributed by atoms with Crippen LogP contribution in [-0.4, -0.2) is 23.6 Å². The lowest BCUT2D eigenvalue weighted by molar-refractivity contribution is 0.244. The number of nitrogens with zero attached hydrogens (tertiary/aromatic N) is 1. The van der Waals surface area contributed by atoms with Gasteiger partial charge in [0.15, 0.2) is 0 Å². The van der Waals surface area contributed by atoms with Crippen LogP contribution in [0.1, 0.15) is 39.0 Å². The minimum atomic E-state index is -0.134. The zero-order chi connectivity index (χ0) is 13.5. The molecule has 0 spiro atoms. The standard InChI is InChI=1S/C14H22N4O/c1-2-15-13-9-8-12(10-16-13)18-14(19)17-11-6-4-3-5-7-11/h8-11H,2-7H2,1H3,(H,15,16)(H2,17,18,19). The van der Waals surface area contributed by atoms with Gasteiger partial charge in [0.05, 0.1) is 11.9 Å². The molecule has 1 saturated carbocycles. The first-order chi connectivity index (χ1) is 9.28. The van der Waals surface area contributed by atoms with Gasteiger partial charge in [-0.3, -0.25) is 0 Å². The summed E-state index contributed by atoms with van der Waals surface area (Å²) < 4.78 is 0. The molecule has 0 aliphatic heterocycles. The molecule has 1 aromatic heterocycles. The van der Waals surface area contributed by atoms with Crippen LogP contribution in [0.5, 0.6) is 0 Å². The van der Waals surface area contributed by atoms with Crippen molar-refractivity contribution in [3.8, 4) is 0 Å². The minimum absolute atomic E-state index is 0.134. The molecule has 104 valence electrons. The number of aromatic nitrogens is 1. The highest BCUT2D eigenvalue weighted by Gasteiger charge is 2.15. The van der Waals surface area contributed by atoms with Gasteiger partial charge in [0.25, 0.3) is 0 Å². The highest BCUT2D eigenvalue weighted by Crippen LogP contribution is 2.17. The van der Waals surface area contributed by atoms with E-state index in [0.29, 0.717) is 6.04 Å². The fraction of sp³-hybridized carbons (Fsp3) is 0.571. The molecule has 1 aliphatic carbocycles. The van der Waals surface area contributed by atoms with Crippen molar-refractivity contribution in [1.82, 2.24) is 10.3 Å². The van der Waals surface area contributed by atoms with E-state index in [-0.39, 0.29) is 6.03 Å². The van der Waals surface area contributed by atoms with Crippen LogP contribution in [0, 0.1) is 0 Å². The van der Waals surface area contributed by atoms with E-state index in [4.69, 9.17) is 0 Å². The summed E-state index contributed by atoms with van der Waals surface area (Å²) in [7, 11) is 0. The van der Waals surface area contributed by atoms with E-state index in [1.54, 1.807) is 6.20 Å². The van der Waals surface area contributed by atoms with Crippen molar-refractivity contribution in [3.05, 3.63) is 18.3 Å². The molecule has 1 aromatic rings. The molecule has 2 amide bonds. The largest absolute Gasteiger partial charge is 0.370 e. The van der Waals surface area contributed by atoms with E-state index in [1.165, 1.54) is 19.3 Å². The molecule has 1 fully saturated rings. The number of pyridine rings is 1. The van der Waals surface area contributed by atoms with E-state index in [0.717, 1.165) is 30.9 Å². The third-order valence-corrected chi connectivity index (χ3v) is 3.32. The highest BCUT2D eigenvalue weighted by atomic mass is 16.2. The van der Waals surface area contributed by atoms with Crippen molar-refractivity contribution >= 4 is 17.5 Å². The first-order valence-corrected chi connectivity index (χ1v) is 7.05. The Morgan fingerprint density at radius 2 is 2.11 bits per heavy atom. The van der Waals surface area contributed by atoms with E-state index in [1.807, 2.05) is 19.1 Å². The van der Waals surface area contributed by atoms with Crippen molar-refractivity contribution < 1.29 is 4.79 Å². The van der Waals surface area contributed by atoms with Gasteiger partial charge in [0, 0.05) is 12.6 Å². The molecule has 0 atom stereocenters. The molecule has 5 heteroatoms. The Bertz CT molecular complexity index is 398. The summed E-state index contributed by atoms with van der Waals surface area (Å²) in [5.74, 6) is 0.820. The van der Waals surface area contributed by atoms with Gasteiger partial charge in [-0.25, -0.2) is 9.78 Å². The number of urea groups is 1. The average Bonchev–Trinajstić information content (AvgIpc) is 2.42. The number of rotatable bonds is 4. The second kappa shape index (κ2) is 6.97. The monoisotopic (exact) mass is 262 g/mol. The van der Waals surface area contributed by atoms with E-state index in [9.17, 15) is 4.79 Å². The van der Waals surface area contributed by atoms with Crippen LogP contribution in [-0.2, 0) is 0 Å². The normalized spacial score (nSPS) is 15.8. The Labute approximate surface area is 114 Å². The molecule has 1 aliphatic rings. The number of hydrogen-bond acceptors (Lipinski definition) is 3. The second-order valence-corrected chi connectivity index (χ2v) is 4.90. The number of anilines is 2. The van der Waals surface area contributed by atoms with Gasteiger partial charge in [0.1, 0.15) is 5.82 Å². The van der Waals surface area contributed by atoms with Crippen LogP contribution in [0.3, 0.4) is 0 Å². The number of carbonyl (C=O) groups excluding carboxylic acids is 1. The zero-order valence-corrected chi connectivity index (χ0v) is 11.4. The summed E-state index contributed by atoms with van der Waals surface area (Å²) in [4.78, 5) is 16.0. The van der Waals surface area contributed by atoms with Gasteiger partial charge >= 0.3 is 6.03 Å². The smallest absolute Gasteiger partial charge is 0.319 e. The Morgan fingerprint density at radius 3 is 2.74 bits per heavy atom. The molecule has 19 heavy (non-hydrogen) atoms. The van der Waals surface area contributed by atoms with Gasteiger partial charge in [-0.05, 0) is 31.9 Å². The summed E-state index contributed by atoms with van der Waals surface area (Å²) in [6.45, 7) is 2.85. The summed E-state index contributed by atoms with van der Waals surface area (Å²) in [5.41, 5.74) is 0.718. The van der Waals surface area contributed by atoms with Crippen LogP contribution in [0.15, 0.2) is 18.3 Å². The molecule has 0 saturated heterocycles. The SMILES string of the molecule is CCNc1ccc(NC(=O)NC2CCCCC2)cn1. The number of nitrogens with one attached hydrogen (secondary N) is 3. The maximum absolute atomic E-state index is 11.8. The van der Waals surface area contributed by atoms with Crippen molar-refractivity contribution in [2.45, 2.75) is 45.1 Å². The Hall–Kier alpha value is -1.78. The molecule has 3 N–H and O–H groups in total. The van der Waals surface area contributed by atoms with Gasteiger partial charge in [-0.2, -0.15) is 0 Å². The van der Waals surface area contributed by atoms with Crippen LogP contribution in [0.4, 0.5) is 16.3 Å². The number of carbonyl (C=O) groups is 1. The average molecular weight is 262 g/mol. The Morgan fingerprint density at radius 1 is 1.32 bits per heavy atom. The summed E-state index contributed by atoms with van der Waals surface area (Å²) >= 11 is 0. The quantitative estimate of drug-likeness (QED) is 0.781. The van der Waals surface area contributed by atoms with Crippen molar-refractivity contribution in [1.29, 1.82) is 0 Å². The Balaban J connectivity index is 1.80. The molecule has 0 aromatic carbocycles. The zero-order valence-electron chi connectivity index (χ0n) is 11.4. The van der Waals surface area contributed by atoms with Crippen molar-refractivity contribution in [2.75, 3.05) is 17.2 Å². The van der Waals surface area contributed by atoms with Gasteiger partial charge in [-0.15, -0.1) is 0 Å². The molecule has 2 rings (SSSR count). The fourth-order valence-corrected chi connectivity index (χ4v) is 2.35. The summed E-state index contributed by atoms with van der Waals surface area (Å²) in [6.07, 6.45) is 7.55. The predicted molar refractivity (Wildman–Crippen MR) is 77.4 cm³/mol. The molecule has 0 unspecified atom stereocenters. The third kappa shape index (κ3) is 4.43. The van der Waals surface area contributed by atoms with Crippen LogP contribution in [0.2, 0.25) is 0 Å². The fourth-order valence-electron chi connectivity index (χ4n) is 2.35. The molecule has 1 heterocycles. The third-order valence-electron chi connectivity index (χ3n) is 3.32. The molecule has 0 radical (unpaired) electrons. The lowest BCUT2D eigenvalue weighted by Crippen LogP contribution is -2.39. The molecule has 0 bridgehead atoms. The summed E-state index contributed by atoms with van der Waals surface area (Å²) in [6, 6.07) is 3.90. The maximum Gasteiger partial charge on any atom is 0.319 e. The number of amides is 2. The number of hydrogen-bond donors (Lipinski definition) is 3. The van der Waals surface area contributed by atoms with E-state index < -0.39 is 0 Å². The molecular weight excluding hydrogens is 240 g/mol. The maximum atomic E-state index is 11.8. The van der Waals surface area contributed by atoms with E-state index in [2.05, 4.69) is 20.9 Å². The minimum Gasteiger partial charge on any atom is -0.370 e. The Kier molecular flexibility index (Phi) is 5.01. The van der Waals surface area contributed by atoms with Gasteiger partial charge < -0.3 is 16.0 Å². The predicted octanol–water partition coefficient (Wildman–Crippen LogP) is 2.97. The van der Waals surface area contributed by atoms with Crippen LogP contribution in [0.25, 0.3) is 0 Å². The lowest BCUT2D eigenvalue weighted by Gasteiger charge is -2.22. The lowest BCUT2D eigenvalue weighted by atomic mass is 9.96. The molecule has 5 nitrogen and oxygen atoms in total. The highest BCUT2D eigenvalue weighted by molar-refractivity contribution is 5.89. The first kappa shape index (κ1) is 13.6. The van der Waals surface area contributed by atoms with Crippen molar-refractivity contribution in [3.63, 3.8) is 0 Å². The van der Waals surface area contributed by atoms with E-state index >= 15 is 0 Å². The first-order valence-electron chi connectivity index (χ1n) is 7.05. The van der Waals surface area contributed by atoms with Gasteiger partial charge in [0.2, 0.25) is 0 Å². The van der Waals surface area contributed by atoms with Crippen LogP contribution >= 0.6 is 0 Å². The van der Waals surface area contributed by atoms with Crippen molar-refractivity contribution in [2.24, 2.45) is 0 Å². The topological polar surface area (TPSA) is 66.0 Å². The molecular formula is C14H22N4O. The second-order valence-electron chi connectivity index (χ2n) is 4.90. The van der Waals surface area contributed by atoms with Gasteiger partial charge in [-0.1, -0.05) is 19.3 Å². The van der Waals surface area contributed by atoms with Crippen LogP contribution < -0.4 is 16.0 Å².